The van der Waals surface area contributed by atoms with Crippen LogP contribution in [0, 0.1) is 0 Å². The zero-order valence-electron chi connectivity index (χ0n) is 11.8. The molecule has 1 saturated carbocycles. The van der Waals surface area contributed by atoms with Crippen molar-refractivity contribution in [3.8, 4) is 0 Å². The lowest BCUT2D eigenvalue weighted by atomic mass is 10.1. The van der Waals surface area contributed by atoms with E-state index in [4.69, 9.17) is 10.5 Å². The lowest BCUT2D eigenvalue weighted by molar-refractivity contribution is -0.121. The van der Waals surface area contributed by atoms with Gasteiger partial charge in [0.15, 0.2) is 0 Å². The average molecular weight is 269 g/mol. The van der Waals surface area contributed by atoms with Gasteiger partial charge >= 0.3 is 0 Å². The van der Waals surface area contributed by atoms with Crippen LogP contribution in [0.2, 0.25) is 0 Å². The summed E-state index contributed by atoms with van der Waals surface area (Å²) in [6, 6.07) is 0.481. The Bertz CT molecular complexity index is 274. The molecule has 1 aliphatic carbocycles. The summed E-state index contributed by atoms with van der Waals surface area (Å²) in [7, 11) is 0. The minimum atomic E-state index is 0.212. The van der Waals surface area contributed by atoms with Gasteiger partial charge in [-0.3, -0.25) is 4.79 Å². The molecule has 0 aromatic heterocycles. The van der Waals surface area contributed by atoms with Gasteiger partial charge in [-0.05, 0) is 38.6 Å². The summed E-state index contributed by atoms with van der Waals surface area (Å²) in [6.07, 6.45) is 6.46. The number of ether oxygens (including phenoxy) is 1. The van der Waals surface area contributed by atoms with Crippen LogP contribution in [0.5, 0.6) is 0 Å². The number of nitrogens with zero attached hydrogens (tertiary/aromatic N) is 1. The predicted molar refractivity (Wildman–Crippen MR) is 74.9 cm³/mol. The SMILES string of the molecule is NCCCOC1CCN(CCC(=O)NC2CC2)CC1. The van der Waals surface area contributed by atoms with E-state index in [-0.39, 0.29) is 5.91 Å². The largest absolute Gasteiger partial charge is 0.378 e. The second-order valence-corrected chi connectivity index (χ2v) is 5.65. The molecule has 5 nitrogen and oxygen atoms in total. The second-order valence-electron chi connectivity index (χ2n) is 5.65. The molecule has 0 aromatic carbocycles. The third-order valence-corrected chi connectivity index (χ3v) is 3.83. The molecule has 5 heteroatoms. The normalized spacial score (nSPS) is 21.5. The summed E-state index contributed by atoms with van der Waals surface area (Å²) < 4.78 is 5.77. The number of amides is 1. The smallest absolute Gasteiger partial charge is 0.221 e. The van der Waals surface area contributed by atoms with Gasteiger partial charge in [-0.1, -0.05) is 0 Å². The van der Waals surface area contributed by atoms with Crippen molar-refractivity contribution in [3.63, 3.8) is 0 Å². The molecule has 0 bridgehead atoms. The molecule has 0 unspecified atom stereocenters. The Morgan fingerprint density at radius 1 is 1.26 bits per heavy atom. The number of piperidine rings is 1. The highest BCUT2D eigenvalue weighted by Crippen LogP contribution is 2.19. The quantitative estimate of drug-likeness (QED) is 0.629. The van der Waals surface area contributed by atoms with Crippen molar-refractivity contribution >= 4 is 5.91 Å². The Hall–Kier alpha value is -0.650. The van der Waals surface area contributed by atoms with E-state index in [2.05, 4.69) is 10.2 Å². The summed E-state index contributed by atoms with van der Waals surface area (Å²) in [6.45, 7) is 4.46. The number of carbonyl (C=O) groups is 1. The molecule has 2 aliphatic rings. The van der Waals surface area contributed by atoms with E-state index in [1.54, 1.807) is 0 Å². The van der Waals surface area contributed by atoms with Gasteiger partial charge in [-0.25, -0.2) is 0 Å². The first kappa shape index (κ1) is 14.8. The standard InChI is InChI=1S/C14H27N3O2/c15-7-1-11-19-13-4-8-17(9-5-13)10-6-14(18)16-12-2-3-12/h12-13H,1-11,15H2,(H,16,18). The van der Waals surface area contributed by atoms with Crippen LogP contribution in [-0.2, 0) is 9.53 Å². The van der Waals surface area contributed by atoms with Crippen molar-refractivity contribution in [2.75, 3.05) is 32.8 Å². The number of nitrogens with two attached hydrogens (primary N) is 1. The van der Waals surface area contributed by atoms with Gasteiger partial charge in [0.25, 0.3) is 0 Å². The molecule has 3 N–H and O–H groups in total. The number of rotatable bonds is 8. The summed E-state index contributed by atoms with van der Waals surface area (Å²) in [5.41, 5.74) is 5.45. The van der Waals surface area contributed by atoms with E-state index in [0.29, 0.717) is 25.1 Å². The van der Waals surface area contributed by atoms with Gasteiger partial charge in [-0.2, -0.15) is 0 Å². The molecular weight excluding hydrogens is 242 g/mol. The highest BCUT2D eigenvalue weighted by Gasteiger charge is 2.24. The molecule has 1 aliphatic heterocycles. The lowest BCUT2D eigenvalue weighted by Crippen LogP contribution is -2.39. The van der Waals surface area contributed by atoms with E-state index in [9.17, 15) is 4.79 Å². The first-order chi connectivity index (χ1) is 9.28. The van der Waals surface area contributed by atoms with E-state index in [0.717, 1.165) is 58.3 Å². The topological polar surface area (TPSA) is 67.6 Å². The first-order valence-corrected chi connectivity index (χ1v) is 7.61. The fourth-order valence-corrected chi connectivity index (χ4v) is 2.42. The average Bonchev–Trinajstić information content (AvgIpc) is 3.22. The van der Waals surface area contributed by atoms with Crippen LogP contribution in [0.25, 0.3) is 0 Å². The van der Waals surface area contributed by atoms with Gasteiger partial charge in [0, 0.05) is 38.7 Å². The minimum absolute atomic E-state index is 0.212. The maximum absolute atomic E-state index is 11.6. The van der Waals surface area contributed by atoms with Crippen LogP contribution in [0.1, 0.15) is 38.5 Å². The zero-order chi connectivity index (χ0) is 13.5. The molecule has 2 rings (SSSR count). The Morgan fingerprint density at radius 3 is 2.63 bits per heavy atom. The third kappa shape index (κ3) is 5.89. The van der Waals surface area contributed by atoms with Crippen LogP contribution in [0.15, 0.2) is 0 Å². The summed E-state index contributed by atoms with van der Waals surface area (Å²) in [5, 5.41) is 3.03. The highest BCUT2D eigenvalue weighted by molar-refractivity contribution is 5.76. The van der Waals surface area contributed by atoms with Crippen molar-refractivity contribution in [2.24, 2.45) is 5.73 Å². The molecule has 19 heavy (non-hydrogen) atoms. The summed E-state index contributed by atoms with van der Waals surface area (Å²) in [4.78, 5) is 14.0. The zero-order valence-corrected chi connectivity index (χ0v) is 11.8. The number of hydrogen-bond acceptors (Lipinski definition) is 4. The fraction of sp³-hybridized carbons (Fsp3) is 0.929. The van der Waals surface area contributed by atoms with Gasteiger partial charge in [-0.15, -0.1) is 0 Å². The number of likely N-dealkylation sites (tertiary alicyclic amines) is 1. The molecule has 1 amide bonds. The van der Waals surface area contributed by atoms with Crippen molar-refractivity contribution < 1.29 is 9.53 Å². The molecule has 1 saturated heterocycles. The Morgan fingerprint density at radius 2 is 2.00 bits per heavy atom. The predicted octanol–water partition coefficient (Wildman–Crippen LogP) is 0.485. The second kappa shape index (κ2) is 7.82. The molecule has 1 heterocycles. The monoisotopic (exact) mass is 269 g/mol. The van der Waals surface area contributed by atoms with Crippen LogP contribution in [-0.4, -0.2) is 55.7 Å². The van der Waals surface area contributed by atoms with Gasteiger partial charge in [0.2, 0.25) is 5.91 Å². The minimum Gasteiger partial charge on any atom is -0.378 e. The summed E-state index contributed by atoms with van der Waals surface area (Å²) >= 11 is 0. The van der Waals surface area contributed by atoms with E-state index < -0.39 is 0 Å². The van der Waals surface area contributed by atoms with Crippen molar-refractivity contribution in [3.05, 3.63) is 0 Å². The molecular formula is C14H27N3O2. The maximum atomic E-state index is 11.6. The third-order valence-electron chi connectivity index (χ3n) is 3.83. The van der Waals surface area contributed by atoms with Crippen LogP contribution in [0.4, 0.5) is 0 Å². The molecule has 0 radical (unpaired) electrons. The lowest BCUT2D eigenvalue weighted by Gasteiger charge is -2.31. The van der Waals surface area contributed by atoms with Crippen LogP contribution < -0.4 is 11.1 Å². The van der Waals surface area contributed by atoms with Crippen LogP contribution in [0.3, 0.4) is 0 Å². The number of nitrogens with one attached hydrogen (secondary N) is 1. The Kier molecular flexibility index (Phi) is 6.07. The Labute approximate surface area is 115 Å². The van der Waals surface area contributed by atoms with Gasteiger partial charge in [0.1, 0.15) is 0 Å². The van der Waals surface area contributed by atoms with Crippen molar-refractivity contribution in [2.45, 2.75) is 50.7 Å². The van der Waals surface area contributed by atoms with Gasteiger partial charge in [0.05, 0.1) is 6.10 Å². The van der Waals surface area contributed by atoms with E-state index in [1.807, 2.05) is 0 Å². The number of carbonyl (C=O) groups excluding carboxylic acids is 1. The van der Waals surface area contributed by atoms with Gasteiger partial charge < -0.3 is 20.7 Å². The first-order valence-electron chi connectivity index (χ1n) is 7.61. The van der Waals surface area contributed by atoms with Crippen LogP contribution >= 0.6 is 0 Å². The highest BCUT2D eigenvalue weighted by atomic mass is 16.5. The molecule has 0 atom stereocenters. The number of hydrogen-bond donors (Lipinski definition) is 2. The summed E-state index contributed by atoms with van der Waals surface area (Å²) in [5.74, 6) is 0.212. The Balaban J connectivity index is 1.51. The fourth-order valence-electron chi connectivity index (χ4n) is 2.42. The molecule has 110 valence electrons. The van der Waals surface area contributed by atoms with E-state index in [1.165, 1.54) is 0 Å². The maximum Gasteiger partial charge on any atom is 0.221 e. The molecule has 0 spiro atoms. The molecule has 0 aromatic rings. The van der Waals surface area contributed by atoms with Crippen molar-refractivity contribution in [1.29, 1.82) is 0 Å². The van der Waals surface area contributed by atoms with Crippen molar-refractivity contribution in [1.82, 2.24) is 10.2 Å². The molecule has 2 fully saturated rings. The van der Waals surface area contributed by atoms with E-state index >= 15 is 0 Å².